The largest absolute Gasteiger partial charge is 0.348 e. The number of carbonyl (C=O) groups is 1. The Morgan fingerprint density at radius 2 is 2.00 bits per heavy atom. The highest BCUT2D eigenvalue weighted by Gasteiger charge is 2.21. The Morgan fingerprint density at radius 1 is 1.19 bits per heavy atom. The summed E-state index contributed by atoms with van der Waals surface area (Å²) in [5.41, 5.74) is 1.76. The molecule has 0 fully saturated rings. The minimum atomic E-state index is -0.386. The van der Waals surface area contributed by atoms with Crippen molar-refractivity contribution in [3.8, 4) is 11.4 Å². The zero-order valence-corrected chi connectivity index (χ0v) is 14.4. The third kappa shape index (κ3) is 3.92. The summed E-state index contributed by atoms with van der Waals surface area (Å²) in [6, 6.07) is 7.06. The predicted octanol–water partition coefficient (Wildman–Crippen LogP) is 1.49. The molecule has 0 radical (unpaired) electrons. The zero-order valence-electron chi connectivity index (χ0n) is 14.4. The third-order valence-corrected chi connectivity index (χ3v) is 4.16. The molecule has 9 heteroatoms. The minimum absolute atomic E-state index is 0.109. The molecular formula is C18H18N8O. The quantitative estimate of drug-likeness (QED) is 0.460. The van der Waals surface area contributed by atoms with Crippen molar-refractivity contribution in [1.82, 2.24) is 40.0 Å². The second-order valence-electron chi connectivity index (χ2n) is 5.99. The van der Waals surface area contributed by atoms with Gasteiger partial charge in [-0.05, 0) is 24.3 Å². The van der Waals surface area contributed by atoms with Crippen LogP contribution in [0.2, 0.25) is 0 Å². The minimum Gasteiger partial charge on any atom is -0.348 e. The van der Waals surface area contributed by atoms with Crippen molar-refractivity contribution in [1.29, 1.82) is 0 Å². The molecule has 0 saturated heterocycles. The molecule has 3 N–H and O–H groups in total. The Kier molecular flexibility index (Phi) is 4.73. The summed E-state index contributed by atoms with van der Waals surface area (Å²) in [5, 5.41) is 9.97. The highest BCUT2D eigenvalue weighted by molar-refractivity contribution is 5.80. The molecule has 0 saturated carbocycles. The van der Waals surface area contributed by atoms with Crippen LogP contribution in [-0.2, 0) is 17.8 Å². The van der Waals surface area contributed by atoms with Gasteiger partial charge in [0.2, 0.25) is 5.91 Å². The molecular weight excluding hydrogens is 344 g/mol. The van der Waals surface area contributed by atoms with Crippen LogP contribution in [0.15, 0.2) is 61.6 Å². The molecule has 4 rings (SSSR count). The van der Waals surface area contributed by atoms with E-state index in [0.717, 1.165) is 11.3 Å². The van der Waals surface area contributed by atoms with E-state index in [9.17, 15) is 4.79 Å². The Labute approximate surface area is 154 Å². The first kappa shape index (κ1) is 16.7. The van der Waals surface area contributed by atoms with Crippen molar-refractivity contribution in [2.75, 3.05) is 0 Å². The van der Waals surface area contributed by atoms with Crippen LogP contribution in [0.4, 0.5) is 0 Å². The number of hydrogen-bond acceptors (Lipinski definition) is 5. The maximum absolute atomic E-state index is 12.8. The number of carbonyl (C=O) groups excluding carboxylic acids is 1. The molecule has 0 bridgehead atoms. The average Bonchev–Trinajstić information content (AvgIpc) is 3.47. The molecule has 136 valence electrons. The number of aromatic nitrogens is 7. The standard InChI is InChI=1S/C18H18N8O/c27-18(15(26-7-1-2-8-26)9-14-10-20-12-22-14)21-11-16-23-17(25-24-16)13-3-5-19-6-4-13/h1-8,10,12,15H,9,11H2,(H,20,22)(H,21,27)(H,23,24,25). The number of amides is 1. The van der Waals surface area contributed by atoms with Crippen LogP contribution in [0, 0.1) is 0 Å². The molecule has 27 heavy (non-hydrogen) atoms. The van der Waals surface area contributed by atoms with Gasteiger partial charge in [0.25, 0.3) is 0 Å². The van der Waals surface area contributed by atoms with Gasteiger partial charge in [0.1, 0.15) is 11.9 Å². The molecule has 0 aliphatic rings. The number of pyridine rings is 1. The van der Waals surface area contributed by atoms with Crippen molar-refractivity contribution in [2.24, 2.45) is 0 Å². The first-order valence-electron chi connectivity index (χ1n) is 8.48. The van der Waals surface area contributed by atoms with E-state index in [1.807, 2.05) is 41.2 Å². The molecule has 9 nitrogen and oxygen atoms in total. The maximum atomic E-state index is 12.8. The maximum Gasteiger partial charge on any atom is 0.243 e. The molecule has 1 unspecified atom stereocenters. The third-order valence-electron chi connectivity index (χ3n) is 4.16. The summed E-state index contributed by atoms with van der Waals surface area (Å²) >= 11 is 0. The molecule has 4 heterocycles. The smallest absolute Gasteiger partial charge is 0.243 e. The van der Waals surface area contributed by atoms with Gasteiger partial charge < -0.3 is 14.9 Å². The molecule has 1 atom stereocenters. The number of aromatic amines is 2. The van der Waals surface area contributed by atoms with Crippen LogP contribution in [0.25, 0.3) is 11.4 Å². The van der Waals surface area contributed by atoms with Crippen LogP contribution in [-0.4, -0.2) is 40.6 Å². The van der Waals surface area contributed by atoms with E-state index in [-0.39, 0.29) is 18.5 Å². The molecule has 0 aliphatic heterocycles. The monoisotopic (exact) mass is 362 g/mol. The lowest BCUT2D eigenvalue weighted by molar-refractivity contribution is -0.124. The number of imidazole rings is 1. The van der Waals surface area contributed by atoms with E-state index in [1.54, 1.807) is 24.9 Å². The van der Waals surface area contributed by atoms with Crippen molar-refractivity contribution in [2.45, 2.75) is 19.0 Å². The second kappa shape index (κ2) is 7.65. The van der Waals surface area contributed by atoms with Gasteiger partial charge in [0.05, 0.1) is 12.9 Å². The predicted molar refractivity (Wildman–Crippen MR) is 97.2 cm³/mol. The first-order valence-corrected chi connectivity index (χ1v) is 8.48. The van der Waals surface area contributed by atoms with Crippen molar-refractivity contribution in [3.63, 3.8) is 0 Å². The highest BCUT2D eigenvalue weighted by atomic mass is 16.2. The number of nitrogens with zero attached hydrogens (tertiary/aromatic N) is 5. The summed E-state index contributed by atoms with van der Waals surface area (Å²) in [4.78, 5) is 28.2. The van der Waals surface area contributed by atoms with E-state index in [4.69, 9.17) is 0 Å². The molecule has 0 spiro atoms. The van der Waals surface area contributed by atoms with E-state index in [1.165, 1.54) is 0 Å². The van der Waals surface area contributed by atoms with Gasteiger partial charge in [-0.2, -0.15) is 5.10 Å². The highest BCUT2D eigenvalue weighted by Crippen LogP contribution is 2.15. The topological polar surface area (TPSA) is 117 Å². The summed E-state index contributed by atoms with van der Waals surface area (Å²) in [6.07, 6.45) is 11.0. The summed E-state index contributed by atoms with van der Waals surface area (Å²) in [5.74, 6) is 1.05. The van der Waals surface area contributed by atoms with Gasteiger partial charge in [0, 0.05) is 48.7 Å². The van der Waals surface area contributed by atoms with Crippen molar-refractivity contribution >= 4 is 5.91 Å². The number of nitrogens with one attached hydrogen (secondary N) is 3. The lowest BCUT2D eigenvalue weighted by Gasteiger charge is -2.17. The van der Waals surface area contributed by atoms with Gasteiger partial charge in [-0.15, -0.1) is 0 Å². The van der Waals surface area contributed by atoms with Crippen LogP contribution in [0.1, 0.15) is 17.6 Å². The molecule has 1 amide bonds. The van der Waals surface area contributed by atoms with Gasteiger partial charge in [-0.3, -0.25) is 14.9 Å². The van der Waals surface area contributed by atoms with Crippen molar-refractivity contribution < 1.29 is 4.79 Å². The summed E-state index contributed by atoms with van der Waals surface area (Å²) < 4.78 is 1.87. The van der Waals surface area contributed by atoms with Gasteiger partial charge in [0.15, 0.2) is 5.82 Å². The van der Waals surface area contributed by atoms with Crippen LogP contribution in [0.5, 0.6) is 0 Å². The lowest BCUT2D eigenvalue weighted by atomic mass is 10.1. The Balaban J connectivity index is 1.43. The Hall–Kier alpha value is -3.75. The zero-order chi connectivity index (χ0) is 18.5. The fourth-order valence-corrected chi connectivity index (χ4v) is 2.79. The fraction of sp³-hybridized carbons (Fsp3) is 0.167. The fourth-order valence-electron chi connectivity index (χ4n) is 2.79. The lowest BCUT2D eigenvalue weighted by Crippen LogP contribution is -2.33. The SMILES string of the molecule is O=C(NCc1nc(-c2ccncc2)n[nH]1)C(Cc1cnc[nH]1)n1cccc1. The van der Waals surface area contributed by atoms with E-state index in [2.05, 4.69) is 35.5 Å². The average molecular weight is 362 g/mol. The van der Waals surface area contributed by atoms with Crippen LogP contribution in [0.3, 0.4) is 0 Å². The van der Waals surface area contributed by atoms with E-state index in [0.29, 0.717) is 18.1 Å². The Bertz CT molecular complexity index is 976. The number of H-pyrrole nitrogens is 2. The summed E-state index contributed by atoms with van der Waals surface area (Å²) in [7, 11) is 0. The van der Waals surface area contributed by atoms with Gasteiger partial charge in [-0.1, -0.05) is 0 Å². The molecule has 0 aliphatic carbocycles. The van der Waals surface area contributed by atoms with Gasteiger partial charge >= 0.3 is 0 Å². The Morgan fingerprint density at radius 3 is 2.74 bits per heavy atom. The number of rotatable bonds is 7. The number of hydrogen-bond donors (Lipinski definition) is 3. The molecule has 0 aromatic carbocycles. The summed E-state index contributed by atoms with van der Waals surface area (Å²) in [6.45, 7) is 0.262. The molecule has 4 aromatic heterocycles. The second-order valence-corrected chi connectivity index (χ2v) is 5.99. The van der Waals surface area contributed by atoms with Crippen molar-refractivity contribution in [3.05, 3.63) is 73.1 Å². The normalized spacial score (nSPS) is 12.0. The van der Waals surface area contributed by atoms with Crippen LogP contribution >= 0.6 is 0 Å². The van der Waals surface area contributed by atoms with E-state index >= 15 is 0 Å². The molecule has 4 aromatic rings. The van der Waals surface area contributed by atoms with Gasteiger partial charge in [-0.25, -0.2) is 9.97 Å². The van der Waals surface area contributed by atoms with E-state index < -0.39 is 0 Å². The first-order chi connectivity index (χ1) is 13.3. The van der Waals surface area contributed by atoms with Crippen LogP contribution < -0.4 is 5.32 Å².